The van der Waals surface area contributed by atoms with Gasteiger partial charge in [-0.15, -0.1) is 81.9 Å². The van der Waals surface area contributed by atoms with Crippen LogP contribution in [0.4, 0.5) is 0 Å². The van der Waals surface area contributed by atoms with Crippen molar-refractivity contribution in [3.63, 3.8) is 0 Å². The zero-order valence-electron chi connectivity index (χ0n) is 43.8. The molecule has 0 N–H and O–H groups in total. The van der Waals surface area contributed by atoms with Gasteiger partial charge in [0.2, 0.25) is 0 Å². The van der Waals surface area contributed by atoms with E-state index >= 15 is 0 Å². The van der Waals surface area contributed by atoms with Crippen molar-refractivity contribution in [1.29, 1.82) is 0 Å². The lowest BCUT2D eigenvalue weighted by atomic mass is 9.82. The number of allylic oxidation sites excluding steroid dienone is 4. The smallest absolute Gasteiger partial charge is 0.0433 e. The number of hydrogen-bond donors (Lipinski definition) is 0. The average Bonchev–Trinajstić information content (AvgIpc) is 4.30. The lowest BCUT2D eigenvalue weighted by Crippen LogP contribution is -2.31. The molecular formula is C60H80S15. The quantitative estimate of drug-likeness (QED) is 0.174. The highest BCUT2D eigenvalue weighted by molar-refractivity contribution is 8.09. The fraction of sp³-hybridized carbons (Fsp3) is 0.800. The van der Waals surface area contributed by atoms with Crippen LogP contribution < -0.4 is 0 Å². The topological polar surface area (TPSA) is 0 Å². The Morgan fingerprint density at radius 1 is 0.400 bits per heavy atom. The maximum atomic E-state index is 2.85. The number of hydrogen-bond acceptors (Lipinski definition) is 15. The van der Waals surface area contributed by atoms with Gasteiger partial charge in [0.25, 0.3) is 0 Å². The molecular weight excluding hydrogens is 1200 g/mol. The second-order valence-corrected chi connectivity index (χ2v) is 43.7. The molecule has 0 saturated carbocycles. The molecule has 14 aliphatic rings. The van der Waals surface area contributed by atoms with Gasteiger partial charge >= 0.3 is 0 Å². The molecule has 14 aliphatic heterocycles. The Balaban J connectivity index is 0.744. The lowest BCUT2D eigenvalue weighted by Gasteiger charge is -2.29. The molecule has 15 heterocycles. The molecule has 1 aromatic rings. The molecule has 15 rings (SSSR count). The van der Waals surface area contributed by atoms with Crippen molar-refractivity contribution in [2.24, 2.45) is 29.6 Å². The molecule has 0 amide bonds. The van der Waals surface area contributed by atoms with Crippen LogP contribution in [0, 0.1) is 29.6 Å². The van der Waals surface area contributed by atoms with E-state index in [1.54, 1.807) is 30.0 Å². The maximum Gasteiger partial charge on any atom is 0.0433 e. The molecule has 0 aromatic carbocycles. The summed E-state index contributed by atoms with van der Waals surface area (Å²) in [6.45, 7) is 0. The van der Waals surface area contributed by atoms with Gasteiger partial charge in [0.1, 0.15) is 0 Å². The first kappa shape index (κ1) is 55.2. The van der Waals surface area contributed by atoms with Crippen LogP contribution in [0.1, 0.15) is 148 Å². The Bertz CT molecular complexity index is 2290. The minimum absolute atomic E-state index is 0.669. The van der Waals surface area contributed by atoms with Gasteiger partial charge in [-0.05, 0) is 203 Å². The normalized spacial score (nSPS) is 46.2. The van der Waals surface area contributed by atoms with Crippen molar-refractivity contribution < 1.29 is 0 Å². The van der Waals surface area contributed by atoms with E-state index in [2.05, 4.69) is 200 Å². The molecule has 15 heteroatoms. The first-order valence-electron chi connectivity index (χ1n) is 30.0. The molecule has 20 atom stereocenters. The van der Waals surface area contributed by atoms with Gasteiger partial charge in [-0.1, -0.05) is 18.2 Å². The zero-order valence-corrected chi connectivity index (χ0v) is 56.0. The highest BCUT2D eigenvalue weighted by Crippen LogP contribution is 2.67. The molecule has 10 saturated heterocycles. The summed E-state index contributed by atoms with van der Waals surface area (Å²) in [4.78, 5) is 10.6. The van der Waals surface area contributed by atoms with Crippen molar-refractivity contribution in [2.45, 2.75) is 201 Å². The van der Waals surface area contributed by atoms with Crippen LogP contribution >= 0.6 is 176 Å². The van der Waals surface area contributed by atoms with Crippen LogP contribution in [-0.4, -0.2) is 120 Å². The highest BCUT2D eigenvalue weighted by atomic mass is 32.2. The standard InChI is InChI=1S/C60H80S15/c1-9-40(61-18-1)34-27-49(71-55(34)44-13-5-22-65-44)38-29-48(70-59(38)52-30-36(42-11-3-20-63-42)57(74-52)46-15-7-24-67-46)33-17-26-69-54(33)51-32-39(50-28-35(41-10-2-19-62-41)56(72-50)45-14-6-23-66-45)60(73-51)53-31-37(43-12-4-21-64-43)58(75-53)47-16-8-25-68-47/h9,12,14,31,33,35-36,38-39,41-42,44,46-52,54,56-57,59-60H,1-8,10-11,13,15-30,32H2. The van der Waals surface area contributed by atoms with E-state index in [0.29, 0.717) is 5.25 Å². The van der Waals surface area contributed by atoms with Crippen molar-refractivity contribution in [1.82, 2.24) is 0 Å². The highest BCUT2D eigenvalue weighted by Gasteiger charge is 2.58. The number of rotatable bonds is 14. The third-order valence-corrected chi connectivity index (χ3v) is 43.6. The summed E-state index contributed by atoms with van der Waals surface area (Å²) in [5.74, 6) is 16.7. The number of thioether (sulfide) groups is 14. The minimum atomic E-state index is 0.669. The first-order chi connectivity index (χ1) is 37.1. The third kappa shape index (κ3) is 11.3. The van der Waals surface area contributed by atoms with E-state index in [1.807, 2.05) is 10.5 Å². The van der Waals surface area contributed by atoms with E-state index in [9.17, 15) is 0 Å². The Morgan fingerprint density at radius 3 is 1.71 bits per heavy atom. The summed E-state index contributed by atoms with van der Waals surface area (Å²) in [6, 6.07) is 2.85. The van der Waals surface area contributed by atoms with E-state index < -0.39 is 0 Å². The van der Waals surface area contributed by atoms with E-state index in [4.69, 9.17) is 0 Å². The summed E-state index contributed by atoms with van der Waals surface area (Å²) in [7, 11) is 0. The maximum absolute atomic E-state index is 2.85. The molecule has 0 bridgehead atoms. The fourth-order valence-electron chi connectivity index (χ4n) is 16.6. The van der Waals surface area contributed by atoms with Crippen LogP contribution in [0.5, 0.6) is 0 Å². The van der Waals surface area contributed by atoms with Crippen LogP contribution in [0.2, 0.25) is 0 Å². The van der Waals surface area contributed by atoms with Gasteiger partial charge in [-0.25, -0.2) is 0 Å². The van der Waals surface area contributed by atoms with Gasteiger partial charge in [0.05, 0.1) is 0 Å². The second kappa shape index (κ2) is 25.1. The Kier molecular flexibility index (Phi) is 18.5. The molecule has 20 unspecified atom stereocenters. The SMILES string of the molecule is C1=C(C2=C(C3CCCS3)SC(C3CC(C4CCSC4C4CC(C5CC(C6CCCS6)C(C6=CCCS6)S5)C(c5cc(C6=CCCS6)c(C6CCCS6)s5)S4)SC3C3CC(C4CCCS4)C(C4CCCS4)S3)C2)SCC1. The largest absolute Gasteiger partial charge is 0.158 e. The Labute approximate surface area is 516 Å². The van der Waals surface area contributed by atoms with E-state index in [-0.39, 0.29) is 0 Å². The summed E-state index contributed by atoms with van der Waals surface area (Å²) < 4.78 is 0. The lowest BCUT2D eigenvalue weighted by molar-refractivity contribution is 0.375. The molecule has 10 fully saturated rings. The molecule has 0 radical (unpaired) electrons. The van der Waals surface area contributed by atoms with Gasteiger partial charge in [0, 0.05) is 126 Å². The van der Waals surface area contributed by atoms with Gasteiger partial charge in [-0.2, -0.15) is 94.1 Å². The molecule has 75 heavy (non-hydrogen) atoms. The molecule has 1 aromatic heterocycles. The molecule has 0 nitrogen and oxygen atoms in total. The third-order valence-electron chi connectivity index (χ3n) is 20.0. The average molecular weight is 1280 g/mol. The minimum Gasteiger partial charge on any atom is -0.158 e. The predicted octanol–water partition coefficient (Wildman–Crippen LogP) is 19.9. The monoisotopic (exact) mass is 1280 g/mol. The van der Waals surface area contributed by atoms with Crippen molar-refractivity contribution >= 4 is 181 Å². The Morgan fingerprint density at radius 2 is 0.987 bits per heavy atom. The summed E-state index contributed by atoms with van der Waals surface area (Å²) in [5.41, 5.74) is 3.54. The van der Waals surface area contributed by atoms with E-state index in [1.165, 1.54) is 174 Å². The molecule has 0 spiro atoms. The van der Waals surface area contributed by atoms with Gasteiger partial charge in [0.15, 0.2) is 0 Å². The second-order valence-electron chi connectivity index (χ2n) is 24.3. The first-order valence-corrected chi connectivity index (χ1v) is 44.7. The Hall–Kier alpha value is 3.56. The molecule has 410 valence electrons. The summed E-state index contributed by atoms with van der Waals surface area (Å²) in [6.07, 6.45) is 35.3. The zero-order chi connectivity index (χ0) is 49.4. The summed E-state index contributed by atoms with van der Waals surface area (Å²) >= 11 is 36.2. The van der Waals surface area contributed by atoms with Crippen LogP contribution in [0.15, 0.2) is 44.6 Å². The fourth-order valence-corrected chi connectivity index (χ4v) is 41.9. The summed E-state index contributed by atoms with van der Waals surface area (Å²) in [5, 5.41) is 12.3. The van der Waals surface area contributed by atoms with Gasteiger partial charge in [-0.3, -0.25) is 0 Å². The van der Waals surface area contributed by atoms with Crippen LogP contribution in [0.3, 0.4) is 0 Å². The predicted molar refractivity (Wildman–Crippen MR) is 365 cm³/mol. The van der Waals surface area contributed by atoms with Crippen LogP contribution in [-0.2, 0) is 0 Å². The van der Waals surface area contributed by atoms with Crippen molar-refractivity contribution in [3.05, 3.63) is 59.9 Å². The van der Waals surface area contributed by atoms with Crippen LogP contribution in [0.25, 0.3) is 4.91 Å². The van der Waals surface area contributed by atoms with Crippen molar-refractivity contribution in [3.8, 4) is 0 Å². The van der Waals surface area contributed by atoms with Crippen molar-refractivity contribution in [2.75, 3.05) is 51.8 Å². The number of thiophene rings is 1. The molecule has 0 aliphatic carbocycles. The van der Waals surface area contributed by atoms with Gasteiger partial charge < -0.3 is 0 Å². The van der Waals surface area contributed by atoms with E-state index in [0.717, 1.165) is 103 Å².